The van der Waals surface area contributed by atoms with E-state index in [0.29, 0.717) is 38.7 Å². The predicted molar refractivity (Wildman–Crippen MR) is 116 cm³/mol. The van der Waals surface area contributed by atoms with Gasteiger partial charge < -0.3 is 19.9 Å². The number of carbonyl (C=O) groups excluding carboxylic acids is 1. The largest absolute Gasteiger partial charge is 0.368 e. The fraction of sp³-hybridized carbons (Fsp3) is 0.875. The van der Waals surface area contributed by atoms with Crippen molar-refractivity contribution in [1.29, 1.82) is 0 Å². The lowest BCUT2D eigenvalue weighted by atomic mass is 10.2. The smallest absolute Gasteiger partial charge is 0.251 e. The van der Waals surface area contributed by atoms with Crippen LogP contribution in [0.2, 0.25) is 0 Å². The third kappa shape index (κ3) is 7.70. The minimum atomic E-state index is -3.30. The second-order valence-corrected chi connectivity index (χ2v) is 8.75. The van der Waals surface area contributed by atoms with Gasteiger partial charge in [0.05, 0.1) is 5.75 Å². The Morgan fingerprint density at radius 3 is 2.37 bits per heavy atom. The van der Waals surface area contributed by atoms with Crippen LogP contribution in [-0.4, -0.2) is 94.4 Å². The van der Waals surface area contributed by atoms with Crippen molar-refractivity contribution in [3.05, 3.63) is 0 Å². The summed E-state index contributed by atoms with van der Waals surface area (Å²) in [5.74, 6) is 0.728. The summed E-state index contributed by atoms with van der Waals surface area (Å²) in [5, 5.41) is 3.10. The van der Waals surface area contributed by atoms with Gasteiger partial charge in [0, 0.05) is 52.4 Å². The van der Waals surface area contributed by atoms with Crippen LogP contribution in [0.3, 0.4) is 0 Å². The van der Waals surface area contributed by atoms with E-state index < -0.39 is 10.0 Å². The molecule has 2 N–H and O–H groups in total. The topological polar surface area (TPSA) is 103 Å². The van der Waals surface area contributed by atoms with Crippen molar-refractivity contribution in [1.82, 2.24) is 19.8 Å². The van der Waals surface area contributed by atoms with Crippen molar-refractivity contribution in [3.63, 3.8) is 0 Å². The number of rotatable bonds is 6. The van der Waals surface area contributed by atoms with Crippen molar-refractivity contribution in [3.8, 4) is 0 Å². The minimum absolute atomic E-state index is 0. The summed E-state index contributed by atoms with van der Waals surface area (Å²) in [6.45, 7) is 7.09. The standard InChI is InChI=1S/C16H31N5O4S.HI/c1-13(2)19-26(23,24)12-6-18-16(17-3)21-9-7-20(8-10-21)15(22)14-5-4-11-25-14;/h13-14,19H,4-12H2,1-3H3,(H,17,18);1H. The maximum absolute atomic E-state index is 12.4. The Hall–Kier alpha value is -0.660. The molecule has 0 aromatic carbocycles. The Morgan fingerprint density at radius 2 is 1.85 bits per heavy atom. The molecule has 11 heteroatoms. The summed E-state index contributed by atoms with van der Waals surface area (Å²) >= 11 is 0. The molecule has 158 valence electrons. The lowest BCUT2D eigenvalue weighted by Crippen LogP contribution is -2.55. The van der Waals surface area contributed by atoms with E-state index in [1.807, 2.05) is 9.80 Å². The quantitative estimate of drug-likeness (QED) is 0.288. The van der Waals surface area contributed by atoms with Crippen LogP contribution in [0.1, 0.15) is 26.7 Å². The number of hydrogen-bond acceptors (Lipinski definition) is 5. The zero-order chi connectivity index (χ0) is 19.2. The zero-order valence-corrected chi connectivity index (χ0v) is 19.5. The van der Waals surface area contributed by atoms with Crippen LogP contribution in [0.5, 0.6) is 0 Å². The second-order valence-electron chi connectivity index (χ2n) is 6.88. The number of nitrogens with one attached hydrogen (secondary N) is 2. The van der Waals surface area contributed by atoms with Gasteiger partial charge in [0.25, 0.3) is 5.91 Å². The average Bonchev–Trinajstić information content (AvgIpc) is 3.12. The summed E-state index contributed by atoms with van der Waals surface area (Å²) in [4.78, 5) is 20.5. The number of halogens is 1. The van der Waals surface area contributed by atoms with E-state index in [-0.39, 0.29) is 54.3 Å². The first-order valence-electron chi connectivity index (χ1n) is 9.18. The van der Waals surface area contributed by atoms with Crippen LogP contribution in [0.4, 0.5) is 0 Å². The number of hydrogen-bond donors (Lipinski definition) is 2. The van der Waals surface area contributed by atoms with Crippen molar-refractivity contribution in [2.24, 2.45) is 4.99 Å². The fourth-order valence-electron chi connectivity index (χ4n) is 3.16. The SMILES string of the molecule is CN=C(NCCS(=O)(=O)NC(C)C)N1CCN(C(=O)C2CCCO2)CC1.I. The first-order chi connectivity index (χ1) is 12.3. The van der Waals surface area contributed by atoms with Gasteiger partial charge in [-0.1, -0.05) is 0 Å². The molecule has 0 aromatic rings. The molecular formula is C16H32IN5O4S. The minimum Gasteiger partial charge on any atom is -0.368 e. The van der Waals surface area contributed by atoms with Crippen LogP contribution >= 0.6 is 24.0 Å². The molecule has 0 saturated carbocycles. The molecule has 0 aliphatic carbocycles. The van der Waals surface area contributed by atoms with Crippen molar-refractivity contribution in [2.75, 3.05) is 52.1 Å². The van der Waals surface area contributed by atoms with Gasteiger partial charge in [-0.3, -0.25) is 9.79 Å². The highest BCUT2D eigenvalue weighted by molar-refractivity contribution is 14.0. The van der Waals surface area contributed by atoms with Crippen LogP contribution in [0.25, 0.3) is 0 Å². The number of ether oxygens (including phenoxy) is 1. The molecule has 0 radical (unpaired) electrons. The van der Waals surface area contributed by atoms with E-state index in [1.54, 1.807) is 20.9 Å². The van der Waals surface area contributed by atoms with Gasteiger partial charge in [-0.15, -0.1) is 24.0 Å². The average molecular weight is 517 g/mol. The molecular weight excluding hydrogens is 485 g/mol. The third-order valence-corrected chi connectivity index (χ3v) is 5.95. The van der Waals surface area contributed by atoms with E-state index >= 15 is 0 Å². The van der Waals surface area contributed by atoms with Gasteiger partial charge in [-0.25, -0.2) is 13.1 Å². The lowest BCUT2D eigenvalue weighted by molar-refractivity contribution is -0.142. The number of nitrogens with zero attached hydrogens (tertiary/aromatic N) is 3. The normalized spacial score (nSPS) is 21.3. The summed E-state index contributed by atoms with van der Waals surface area (Å²) in [6.07, 6.45) is 1.47. The molecule has 2 saturated heterocycles. The van der Waals surface area contributed by atoms with Gasteiger partial charge in [0.1, 0.15) is 6.10 Å². The fourth-order valence-corrected chi connectivity index (χ4v) is 4.37. The number of sulfonamides is 1. The molecule has 1 atom stereocenters. The Bertz CT molecular complexity index is 600. The Balaban J connectivity index is 0.00000364. The van der Waals surface area contributed by atoms with Gasteiger partial charge in [-0.05, 0) is 26.7 Å². The highest BCUT2D eigenvalue weighted by Crippen LogP contribution is 2.16. The van der Waals surface area contributed by atoms with Gasteiger partial charge in [0.2, 0.25) is 10.0 Å². The highest BCUT2D eigenvalue weighted by atomic mass is 127. The number of carbonyl (C=O) groups is 1. The van der Waals surface area contributed by atoms with E-state index in [1.165, 1.54) is 0 Å². The van der Waals surface area contributed by atoms with Crippen LogP contribution < -0.4 is 10.0 Å². The molecule has 27 heavy (non-hydrogen) atoms. The second kappa shape index (κ2) is 11.4. The lowest BCUT2D eigenvalue weighted by Gasteiger charge is -2.37. The molecule has 0 aromatic heterocycles. The number of amides is 1. The van der Waals surface area contributed by atoms with Crippen LogP contribution in [0, 0.1) is 0 Å². The first kappa shape index (κ1) is 24.4. The molecule has 2 fully saturated rings. The Kier molecular flexibility index (Phi) is 10.3. The highest BCUT2D eigenvalue weighted by Gasteiger charge is 2.30. The van der Waals surface area contributed by atoms with Crippen molar-refractivity contribution in [2.45, 2.75) is 38.8 Å². The summed E-state index contributed by atoms with van der Waals surface area (Å²) < 4.78 is 31.8. The van der Waals surface area contributed by atoms with E-state index in [4.69, 9.17) is 4.74 Å². The van der Waals surface area contributed by atoms with E-state index in [9.17, 15) is 13.2 Å². The maximum Gasteiger partial charge on any atom is 0.251 e. The van der Waals surface area contributed by atoms with Gasteiger partial charge >= 0.3 is 0 Å². The van der Waals surface area contributed by atoms with Gasteiger partial charge in [-0.2, -0.15) is 0 Å². The molecule has 2 rings (SSSR count). The van der Waals surface area contributed by atoms with Crippen molar-refractivity contribution < 1.29 is 17.9 Å². The molecule has 1 amide bonds. The molecule has 2 aliphatic heterocycles. The predicted octanol–water partition coefficient (Wildman–Crippen LogP) is -0.169. The van der Waals surface area contributed by atoms with E-state index in [0.717, 1.165) is 12.8 Å². The third-order valence-electron chi connectivity index (χ3n) is 4.38. The van der Waals surface area contributed by atoms with Crippen molar-refractivity contribution >= 4 is 45.9 Å². The van der Waals surface area contributed by atoms with E-state index in [2.05, 4.69) is 15.0 Å². The molecule has 0 bridgehead atoms. The Morgan fingerprint density at radius 1 is 1.22 bits per heavy atom. The van der Waals surface area contributed by atoms with Crippen LogP contribution in [-0.2, 0) is 19.6 Å². The maximum atomic E-state index is 12.4. The monoisotopic (exact) mass is 517 g/mol. The molecule has 0 spiro atoms. The molecule has 2 aliphatic rings. The van der Waals surface area contributed by atoms with Crippen LogP contribution in [0.15, 0.2) is 4.99 Å². The number of piperazine rings is 1. The molecule has 9 nitrogen and oxygen atoms in total. The zero-order valence-electron chi connectivity index (χ0n) is 16.3. The number of aliphatic imine (C=N–C) groups is 1. The van der Waals surface area contributed by atoms with Gasteiger partial charge in [0.15, 0.2) is 5.96 Å². The summed E-state index contributed by atoms with van der Waals surface area (Å²) in [6, 6.07) is -0.117. The Labute approximate surface area is 179 Å². The summed E-state index contributed by atoms with van der Waals surface area (Å²) in [7, 11) is -1.62. The first-order valence-corrected chi connectivity index (χ1v) is 10.8. The molecule has 2 heterocycles. The number of guanidine groups is 1. The summed E-state index contributed by atoms with van der Waals surface area (Å²) in [5.41, 5.74) is 0. The molecule has 1 unspecified atom stereocenters.